The Morgan fingerprint density at radius 1 is 0.512 bits per heavy atom. The van der Waals surface area contributed by atoms with Crippen LogP contribution in [0.2, 0.25) is 0 Å². The van der Waals surface area contributed by atoms with Gasteiger partial charge in [0.15, 0.2) is 0 Å². The second kappa shape index (κ2) is 19.5. The Morgan fingerprint density at radius 3 is 1.94 bits per heavy atom. The van der Waals surface area contributed by atoms with Gasteiger partial charge in [-0.2, -0.15) is 0 Å². The summed E-state index contributed by atoms with van der Waals surface area (Å²) in [6.45, 7) is 31.9. The molecule has 0 saturated heterocycles. The van der Waals surface area contributed by atoms with Crippen LogP contribution in [-0.4, -0.2) is 6.71 Å². The van der Waals surface area contributed by atoms with Crippen molar-refractivity contribution in [1.29, 1.82) is 0 Å². The summed E-state index contributed by atoms with van der Waals surface area (Å²) >= 11 is 1.93. The van der Waals surface area contributed by atoms with Crippen LogP contribution in [0.3, 0.4) is 0 Å². The van der Waals surface area contributed by atoms with Gasteiger partial charge in [-0.25, -0.2) is 0 Å². The number of aryl methyl sites for hydroxylation is 3. The van der Waals surface area contributed by atoms with E-state index in [0.717, 1.165) is 25.7 Å². The Hall–Kier alpha value is -6.94. The van der Waals surface area contributed by atoms with Crippen LogP contribution in [-0.2, 0) is 39.9 Å². The van der Waals surface area contributed by atoms with Crippen LogP contribution in [0.25, 0.3) is 31.3 Å². The van der Waals surface area contributed by atoms with E-state index in [4.69, 9.17) is 0 Å². The minimum Gasteiger partial charge on any atom is -0.311 e. The normalized spacial score (nSPS) is 21.3. The van der Waals surface area contributed by atoms with E-state index in [1.54, 1.807) is 11.1 Å². The third-order valence-electron chi connectivity index (χ3n) is 23.1. The molecule has 4 unspecified atom stereocenters. The lowest BCUT2D eigenvalue weighted by atomic mass is 9.30. The van der Waals surface area contributed by atoms with Gasteiger partial charge in [0.05, 0.1) is 0 Å². The molecule has 4 atom stereocenters. The van der Waals surface area contributed by atoms with E-state index in [0.29, 0.717) is 5.92 Å². The van der Waals surface area contributed by atoms with Gasteiger partial charge in [-0.3, -0.25) is 0 Å². The minimum absolute atomic E-state index is 0.0388. The van der Waals surface area contributed by atoms with Gasteiger partial charge in [0.2, 0.25) is 6.71 Å². The molecule has 3 heteroatoms. The minimum atomic E-state index is -0.187. The Morgan fingerprint density at radius 2 is 1.19 bits per heavy atom. The fraction of sp³-hybridized carbons (Fsp3) is 0.349. The first-order valence-corrected chi connectivity index (χ1v) is 33.5. The van der Waals surface area contributed by atoms with E-state index in [1.807, 2.05) is 11.3 Å². The summed E-state index contributed by atoms with van der Waals surface area (Å²) in [4.78, 5) is 2.73. The molecule has 0 spiro atoms. The molecule has 10 aromatic rings. The molecule has 0 radical (unpaired) electrons. The van der Waals surface area contributed by atoms with Gasteiger partial charge in [0.1, 0.15) is 0 Å². The maximum atomic E-state index is 2.75. The van der Waals surface area contributed by atoms with Gasteiger partial charge >= 0.3 is 0 Å². The molecule has 9 aromatic carbocycles. The SMILES string of the molecule is Cc1cc2c3c(c1)N(c1ccc4c(c1)sc1ccccc14)c1cc(CCC4c5ccc(C(C)(C)C)cc5C5(C)CCCCC45C)ccc1B3c1cc3c(cc1C2CCc1ccc(C(C)(C)C)cc1-c1ccccc1)C(C)(C)c1ccccc1C3(C)C. The van der Waals surface area contributed by atoms with Crippen LogP contribution >= 0.6 is 11.3 Å². The van der Waals surface area contributed by atoms with Crippen molar-refractivity contribution >= 4 is 71.7 Å². The first kappa shape index (κ1) is 55.6. The molecule has 1 nitrogen and oxygen atoms in total. The van der Waals surface area contributed by atoms with Crippen molar-refractivity contribution in [3.63, 3.8) is 0 Å². The summed E-state index contributed by atoms with van der Waals surface area (Å²) < 4.78 is 2.69. The fourth-order valence-electron chi connectivity index (χ4n) is 18.0. The van der Waals surface area contributed by atoms with E-state index < -0.39 is 0 Å². The molecule has 3 aliphatic carbocycles. The van der Waals surface area contributed by atoms with Crippen molar-refractivity contribution in [1.82, 2.24) is 0 Å². The summed E-state index contributed by atoms with van der Waals surface area (Å²) in [7, 11) is 0. The third kappa shape index (κ3) is 8.35. The highest BCUT2D eigenvalue weighted by Gasteiger charge is 2.58. The van der Waals surface area contributed by atoms with Crippen LogP contribution in [0.1, 0.15) is 206 Å². The summed E-state index contributed by atoms with van der Waals surface area (Å²) in [6, 6.07) is 70.5. The number of anilines is 3. The lowest BCUT2D eigenvalue weighted by Crippen LogP contribution is -2.62. The predicted octanol–water partition coefficient (Wildman–Crippen LogP) is 20.5. The van der Waals surface area contributed by atoms with Crippen molar-refractivity contribution in [2.45, 2.75) is 180 Å². The van der Waals surface area contributed by atoms with Gasteiger partial charge in [-0.15, -0.1) is 11.3 Å². The highest BCUT2D eigenvalue weighted by atomic mass is 32.1. The van der Waals surface area contributed by atoms with Crippen LogP contribution in [0.5, 0.6) is 0 Å². The molecule has 0 amide bonds. The number of thiophene rings is 1. The van der Waals surface area contributed by atoms with Crippen molar-refractivity contribution in [2.75, 3.05) is 4.90 Å². The maximum Gasteiger partial charge on any atom is 0.247 e. The predicted molar refractivity (Wildman–Crippen MR) is 371 cm³/mol. The van der Waals surface area contributed by atoms with E-state index in [2.05, 4.69) is 271 Å². The van der Waals surface area contributed by atoms with Gasteiger partial charge < -0.3 is 4.90 Å². The van der Waals surface area contributed by atoms with Gasteiger partial charge in [0.25, 0.3) is 0 Å². The van der Waals surface area contributed by atoms with E-state index in [-0.39, 0.29) is 45.1 Å². The molecule has 0 N–H and O–H groups in total. The highest BCUT2D eigenvalue weighted by molar-refractivity contribution is 7.25. The topological polar surface area (TPSA) is 3.24 Å². The standard InChI is InChI=1S/C83H86BNS/c1-51-43-64-58(36-32-54-31-33-55(78(2,3)4)46-62(54)53-23-15-14-16-24-53)63-49-69-70(81(10,11)67-27-19-18-26-66(67)80(69,8)9)50-72(63)84-71-40-30-52(29-39-65-61-37-34-56(79(5,6)7)47-68(61)83(13)42-22-21-41-82(65,83)12)45-73(71)85(74(44-51)77(64)84)57-35-38-60-59-25-17-20-28-75(59)86-76(60)48-57/h14-20,23-28,30-31,33-35,37-38,40,43-50,58,65H,21-22,29,32,36,39,41-42H2,1-13H3. The van der Waals surface area contributed by atoms with Crippen LogP contribution in [0.15, 0.2) is 176 Å². The van der Waals surface area contributed by atoms with Crippen molar-refractivity contribution < 1.29 is 0 Å². The molecule has 1 saturated carbocycles. The summed E-state index contributed by atoms with van der Waals surface area (Å²) in [5.41, 5.74) is 30.4. The number of hydrogen-bond donors (Lipinski definition) is 0. The molecule has 15 rings (SSSR count). The first-order chi connectivity index (χ1) is 41.0. The Labute approximate surface area is 518 Å². The van der Waals surface area contributed by atoms with Crippen molar-refractivity contribution in [3.8, 4) is 11.1 Å². The van der Waals surface area contributed by atoms with Gasteiger partial charge in [0, 0.05) is 54.0 Å². The lowest BCUT2D eigenvalue weighted by Gasteiger charge is -2.49. The fourth-order valence-corrected chi connectivity index (χ4v) is 19.1. The summed E-state index contributed by atoms with van der Waals surface area (Å²) in [5, 5.41) is 2.69. The maximum absolute atomic E-state index is 2.75. The molecule has 0 bridgehead atoms. The molecule has 1 aromatic heterocycles. The Kier molecular flexibility index (Phi) is 12.6. The van der Waals surface area contributed by atoms with Gasteiger partial charge in [-0.05, 0) is 198 Å². The average Bonchev–Trinajstić information content (AvgIpc) is 0.814. The van der Waals surface area contributed by atoms with E-state index in [9.17, 15) is 0 Å². The van der Waals surface area contributed by atoms with Crippen LogP contribution in [0.4, 0.5) is 17.1 Å². The zero-order valence-electron chi connectivity index (χ0n) is 53.5. The monoisotopic (exact) mass is 1140 g/mol. The zero-order chi connectivity index (χ0) is 59.6. The van der Waals surface area contributed by atoms with E-state index in [1.165, 1.54) is 152 Å². The number of hydrogen-bond acceptors (Lipinski definition) is 2. The number of nitrogens with zero attached hydrogens (tertiary/aromatic N) is 1. The smallest absolute Gasteiger partial charge is 0.247 e. The molecule has 432 valence electrons. The second-order valence-corrected chi connectivity index (χ2v) is 31.8. The third-order valence-corrected chi connectivity index (χ3v) is 24.2. The van der Waals surface area contributed by atoms with Crippen molar-refractivity contribution in [3.05, 3.63) is 248 Å². The average molecular weight is 1140 g/mol. The van der Waals surface area contributed by atoms with Crippen molar-refractivity contribution in [2.24, 2.45) is 5.41 Å². The molecule has 86 heavy (non-hydrogen) atoms. The summed E-state index contributed by atoms with van der Waals surface area (Å²) in [5.74, 6) is 0.687. The largest absolute Gasteiger partial charge is 0.311 e. The molecule has 3 heterocycles. The van der Waals surface area contributed by atoms with E-state index >= 15 is 0 Å². The van der Waals surface area contributed by atoms with Gasteiger partial charge in [-0.1, -0.05) is 247 Å². The molecule has 2 aliphatic heterocycles. The zero-order valence-corrected chi connectivity index (χ0v) is 54.3. The first-order valence-electron chi connectivity index (χ1n) is 32.7. The van der Waals surface area contributed by atoms with Crippen LogP contribution < -0.4 is 21.3 Å². The quantitative estimate of drug-likeness (QED) is 0.137. The molecular formula is C83H86BNS. The number of fused-ring (bicyclic) bond motifs is 12. The molecule has 5 aliphatic rings. The van der Waals surface area contributed by atoms with Crippen LogP contribution in [0, 0.1) is 12.3 Å². The second-order valence-electron chi connectivity index (χ2n) is 30.7. The molecular weight excluding hydrogens is 1050 g/mol. The number of rotatable bonds is 8. The highest BCUT2D eigenvalue weighted by Crippen LogP contribution is 2.66. The Balaban J connectivity index is 0.927. The Bertz CT molecular complexity index is 4400. The lowest BCUT2D eigenvalue weighted by molar-refractivity contribution is 0.0763. The molecule has 1 fully saturated rings. The number of benzene rings is 9. The summed E-state index contributed by atoms with van der Waals surface area (Å²) in [6.07, 6.45) is 9.40.